The van der Waals surface area contributed by atoms with Gasteiger partial charge >= 0.3 is 0 Å². The minimum Gasteiger partial charge on any atom is -0.381 e. The van der Waals surface area contributed by atoms with Crippen LogP contribution < -0.4 is 0 Å². The van der Waals surface area contributed by atoms with Gasteiger partial charge < -0.3 is 4.74 Å². The van der Waals surface area contributed by atoms with Crippen LogP contribution in [-0.2, 0) is 17.6 Å². The van der Waals surface area contributed by atoms with Gasteiger partial charge in [-0.15, -0.1) is 0 Å². The number of Topliss-reactive ketones (excluding diaryl/α,β-unsaturated/α-hetero) is 1. The Morgan fingerprint density at radius 3 is 2.62 bits per heavy atom. The fourth-order valence-corrected chi connectivity index (χ4v) is 4.10. The lowest BCUT2D eigenvalue weighted by molar-refractivity contribution is 0.0285. The molecule has 0 bridgehead atoms. The van der Waals surface area contributed by atoms with E-state index in [0.29, 0.717) is 17.8 Å². The Morgan fingerprint density at radius 2 is 2.00 bits per heavy atom. The van der Waals surface area contributed by atoms with Crippen LogP contribution in [0.2, 0.25) is 0 Å². The highest BCUT2D eigenvalue weighted by Gasteiger charge is 2.47. The Labute approximate surface area is 127 Å². The van der Waals surface area contributed by atoms with Crippen molar-refractivity contribution in [3.63, 3.8) is 0 Å². The van der Waals surface area contributed by atoms with E-state index in [1.165, 1.54) is 11.1 Å². The normalized spacial score (nSPS) is 28.4. The van der Waals surface area contributed by atoms with E-state index in [1.54, 1.807) is 7.11 Å². The molecule has 0 N–H and O–H groups in total. The summed E-state index contributed by atoms with van der Waals surface area (Å²) in [4.78, 5) is 13.0. The molecule has 1 fully saturated rings. The molecule has 21 heavy (non-hydrogen) atoms. The van der Waals surface area contributed by atoms with Crippen molar-refractivity contribution in [1.82, 2.24) is 0 Å². The van der Waals surface area contributed by atoms with Gasteiger partial charge in [-0.1, -0.05) is 26.0 Å². The number of hydrogen-bond acceptors (Lipinski definition) is 2. The second-order valence-corrected chi connectivity index (χ2v) is 7.31. The van der Waals surface area contributed by atoms with Gasteiger partial charge in [-0.05, 0) is 61.6 Å². The summed E-state index contributed by atoms with van der Waals surface area (Å²) in [5.41, 5.74) is 3.46. The Kier molecular flexibility index (Phi) is 3.92. The van der Waals surface area contributed by atoms with Crippen molar-refractivity contribution in [3.8, 4) is 0 Å². The minimum absolute atomic E-state index is 0.117. The molecule has 2 heteroatoms. The average molecular weight is 286 g/mol. The molecule has 0 unspecified atom stereocenters. The van der Waals surface area contributed by atoms with Gasteiger partial charge in [0.2, 0.25) is 0 Å². The molecule has 0 atom stereocenters. The highest BCUT2D eigenvalue weighted by molar-refractivity contribution is 6.05. The van der Waals surface area contributed by atoms with E-state index in [1.807, 2.05) is 0 Å². The maximum atomic E-state index is 13.0. The number of hydrogen-bond donors (Lipinski definition) is 0. The number of benzene rings is 1. The molecule has 0 radical (unpaired) electrons. The number of methoxy groups -OCH3 is 1. The lowest BCUT2D eigenvalue weighted by Crippen LogP contribution is -2.35. The first-order chi connectivity index (χ1) is 10.0. The van der Waals surface area contributed by atoms with Crippen LogP contribution in [0.15, 0.2) is 18.2 Å². The third-order valence-electron chi connectivity index (χ3n) is 5.30. The third-order valence-corrected chi connectivity index (χ3v) is 5.30. The van der Waals surface area contributed by atoms with Gasteiger partial charge in [0.25, 0.3) is 0 Å². The zero-order valence-electron chi connectivity index (χ0n) is 13.4. The standard InChI is InChI=1S/C19H26O2/c1-13(2)10-14-4-5-15-12-19(18(20)17(15)11-14)8-6-16(21-3)7-9-19/h4-5,11,13,16H,6-10,12H2,1-3H3/t16-,19-. The average Bonchev–Trinajstić information content (AvgIpc) is 2.73. The van der Waals surface area contributed by atoms with Crippen molar-refractivity contribution < 1.29 is 9.53 Å². The zero-order valence-corrected chi connectivity index (χ0v) is 13.4. The summed E-state index contributed by atoms with van der Waals surface area (Å²) < 4.78 is 5.46. The first-order valence-corrected chi connectivity index (χ1v) is 8.23. The quantitative estimate of drug-likeness (QED) is 0.832. The summed E-state index contributed by atoms with van der Waals surface area (Å²) in [6.45, 7) is 4.45. The van der Waals surface area contributed by atoms with Crippen LogP contribution in [0.4, 0.5) is 0 Å². The van der Waals surface area contributed by atoms with Crippen LogP contribution in [0, 0.1) is 11.3 Å². The minimum atomic E-state index is -0.117. The Balaban J connectivity index is 1.82. The fraction of sp³-hybridized carbons (Fsp3) is 0.632. The molecule has 0 saturated heterocycles. The topological polar surface area (TPSA) is 26.3 Å². The third kappa shape index (κ3) is 2.66. The highest BCUT2D eigenvalue weighted by atomic mass is 16.5. The Morgan fingerprint density at radius 1 is 1.29 bits per heavy atom. The van der Waals surface area contributed by atoms with Crippen LogP contribution in [-0.4, -0.2) is 19.0 Å². The molecule has 0 amide bonds. The van der Waals surface area contributed by atoms with Crippen molar-refractivity contribution in [2.45, 2.75) is 58.5 Å². The molecule has 1 saturated carbocycles. The summed E-state index contributed by atoms with van der Waals surface area (Å²) in [5.74, 6) is 1.03. The van der Waals surface area contributed by atoms with Gasteiger partial charge in [-0.3, -0.25) is 4.79 Å². The van der Waals surface area contributed by atoms with E-state index in [2.05, 4.69) is 32.0 Å². The van der Waals surface area contributed by atoms with Gasteiger partial charge in [0.05, 0.1) is 6.10 Å². The van der Waals surface area contributed by atoms with Crippen molar-refractivity contribution in [2.75, 3.05) is 7.11 Å². The molecule has 1 aromatic carbocycles. The number of carbonyl (C=O) groups excluding carboxylic acids is 1. The Bertz CT molecular complexity index is 536. The van der Waals surface area contributed by atoms with Crippen molar-refractivity contribution in [3.05, 3.63) is 34.9 Å². The number of ketones is 1. The molecule has 1 spiro atoms. The van der Waals surface area contributed by atoms with Crippen molar-refractivity contribution in [1.29, 1.82) is 0 Å². The highest BCUT2D eigenvalue weighted by Crippen LogP contribution is 2.47. The predicted molar refractivity (Wildman–Crippen MR) is 84.7 cm³/mol. The molecule has 3 rings (SSSR count). The molecular formula is C19H26O2. The molecule has 2 nitrogen and oxygen atoms in total. The van der Waals surface area contributed by atoms with Crippen molar-refractivity contribution in [2.24, 2.45) is 11.3 Å². The van der Waals surface area contributed by atoms with Gasteiger partial charge in [0.15, 0.2) is 5.78 Å². The molecule has 2 aliphatic carbocycles. The fourth-order valence-electron chi connectivity index (χ4n) is 4.10. The first-order valence-electron chi connectivity index (χ1n) is 8.23. The number of fused-ring (bicyclic) bond motifs is 1. The molecule has 0 aromatic heterocycles. The van der Waals surface area contributed by atoms with Crippen LogP contribution in [0.25, 0.3) is 0 Å². The summed E-state index contributed by atoms with van der Waals surface area (Å²) in [7, 11) is 1.78. The van der Waals surface area contributed by atoms with E-state index in [4.69, 9.17) is 4.74 Å². The summed E-state index contributed by atoms with van der Waals surface area (Å²) in [6, 6.07) is 6.57. The van der Waals surface area contributed by atoms with E-state index < -0.39 is 0 Å². The SMILES string of the molecule is CO[C@H]1CC[C@]2(CC1)Cc1ccc(CC(C)C)cc1C2=O. The number of ether oxygens (including phenoxy) is 1. The summed E-state index contributed by atoms with van der Waals surface area (Å²) >= 11 is 0. The van der Waals surface area contributed by atoms with E-state index in [-0.39, 0.29) is 5.41 Å². The summed E-state index contributed by atoms with van der Waals surface area (Å²) in [5, 5.41) is 0. The second kappa shape index (κ2) is 5.57. The maximum Gasteiger partial charge on any atom is 0.169 e. The van der Waals surface area contributed by atoms with E-state index in [0.717, 1.165) is 44.1 Å². The van der Waals surface area contributed by atoms with Gasteiger partial charge in [0, 0.05) is 18.1 Å². The number of rotatable bonds is 3. The summed E-state index contributed by atoms with van der Waals surface area (Å²) in [6.07, 6.45) is 6.36. The molecule has 0 aliphatic heterocycles. The van der Waals surface area contributed by atoms with E-state index >= 15 is 0 Å². The van der Waals surface area contributed by atoms with Gasteiger partial charge in [-0.2, -0.15) is 0 Å². The monoisotopic (exact) mass is 286 g/mol. The predicted octanol–water partition coefficient (Wildman–Crippen LogP) is 4.20. The molecule has 114 valence electrons. The van der Waals surface area contributed by atoms with Gasteiger partial charge in [-0.25, -0.2) is 0 Å². The zero-order chi connectivity index (χ0) is 15.0. The smallest absolute Gasteiger partial charge is 0.169 e. The Hall–Kier alpha value is -1.15. The largest absolute Gasteiger partial charge is 0.381 e. The van der Waals surface area contributed by atoms with Gasteiger partial charge in [0.1, 0.15) is 0 Å². The molecule has 2 aliphatic rings. The number of carbonyl (C=O) groups is 1. The molecular weight excluding hydrogens is 260 g/mol. The molecule has 1 aromatic rings. The molecule has 0 heterocycles. The van der Waals surface area contributed by atoms with Crippen molar-refractivity contribution >= 4 is 5.78 Å². The second-order valence-electron chi connectivity index (χ2n) is 7.31. The van der Waals surface area contributed by atoms with Crippen LogP contribution >= 0.6 is 0 Å². The van der Waals surface area contributed by atoms with Crippen LogP contribution in [0.1, 0.15) is 61.0 Å². The maximum absolute atomic E-state index is 13.0. The first kappa shape index (κ1) is 14.8. The lowest BCUT2D eigenvalue weighted by atomic mass is 9.70. The van der Waals surface area contributed by atoms with E-state index in [9.17, 15) is 4.79 Å². The van der Waals surface area contributed by atoms with Crippen LogP contribution in [0.5, 0.6) is 0 Å². The van der Waals surface area contributed by atoms with Crippen LogP contribution in [0.3, 0.4) is 0 Å². The lowest BCUT2D eigenvalue weighted by Gasteiger charge is -2.35.